The molecule has 0 radical (unpaired) electrons. The minimum atomic E-state index is -4.65. The van der Waals surface area contributed by atoms with E-state index in [-0.39, 0.29) is 26.1 Å². The molecule has 9 nitrogen and oxygen atoms in total. The van der Waals surface area contributed by atoms with Crippen molar-refractivity contribution < 1.29 is 42.1 Å². The molecule has 0 bridgehead atoms. The quantitative estimate of drug-likeness (QED) is 0.0196. The summed E-state index contributed by atoms with van der Waals surface area (Å²) in [7, 11) is 1.12. The second-order valence-electron chi connectivity index (χ2n) is 16.7. The number of likely N-dealkylation sites (N-methyl/N-ethyl adjacent to an activating group) is 1. The topological polar surface area (TPSA) is 111 Å². The molecule has 0 aromatic heterocycles. The minimum absolute atomic E-state index is 0.0438. The highest BCUT2D eigenvalue weighted by Crippen LogP contribution is 2.38. The van der Waals surface area contributed by atoms with E-state index in [2.05, 4.69) is 111 Å². The van der Waals surface area contributed by atoms with Gasteiger partial charge in [0.05, 0.1) is 27.7 Å². The summed E-state index contributed by atoms with van der Waals surface area (Å²) in [5.41, 5.74) is 0. The van der Waals surface area contributed by atoms with Gasteiger partial charge in [0.15, 0.2) is 6.10 Å². The third-order valence-electron chi connectivity index (χ3n) is 9.60. The van der Waals surface area contributed by atoms with Crippen molar-refractivity contribution in [3.63, 3.8) is 0 Å². The maximum Gasteiger partial charge on any atom is 0.306 e. The Kier molecular flexibility index (Phi) is 41.1. The number of allylic oxidation sites excluding steroid dienone is 16. The number of ether oxygens (including phenoxy) is 2. The third-order valence-corrected chi connectivity index (χ3v) is 10.6. The average Bonchev–Trinajstić information content (AvgIpc) is 3.23. The molecule has 0 spiro atoms. The Bertz CT molecular complexity index is 1370. The highest BCUT2D eigenvalue weighted by Gasteiger charge is 2.21. The molecule has 10 heteroatoms. The highest BCUT2D eigenvalue weighted by atomic mass is 31.2. The van der Waals surface area contributed by atoms with Crippen LogP contribution in [-0.2, 0) is 32.7 Å². The molecule has 0 aliphatic heterocycles. The summed E-state index contributed by atoms with van der Waals surface area (Å²) in [6.45, 7) is 3.93. The number of carbonyl (C=O) groups excluding carboxylic acids is 2. The molecule has 2 atom stereocenters. The van der Waals surface area contributed by atoms with Crippen molar-refractivity contribution in [1.29, 1.82) is 0 Å². The summed E-state index contributed by atoms with van der Waals surface area (Å²) in [5.74, 6) is -0.896. The first-order valence-electron chi connectivity index (χ1n) is 23.9. The van der Waals surface area contributed by atoms with E-state index < -0.39 is 32.5 Å². The molecule has 0 heterocycles. The van der Waals surface area contributed by atoms with Crippen molar-refractivity contribution in [2.24, 2.45) is 0 Å². The van der Waals surface area contributed by atoms with Gasteiger partial charge in [-0.2, -0.15) is 0 Å². The van der Waals surface area contributed by atoms with Gasteiger partial charge >= 0.3 is 11.9 Å². The van der Waals surface area contributed by atoms with E-state index in [1.165, 1.54) is 38.5 Å². The fraction of sp³-hybridized carbons (Fsp3) is 0.654. The molecule has 0 rings (SSSR count). The summed E-state index contributed by atoms with van der Waals surface area (Å²) in [6, 6.07) is 0. The largest absolute Gasteiger partial charge is 0.756 e. The molecular weight excluding hydrogens is 798 g/mol. The number of nitrogens with zero attached hydrogens (tertiary/aromatic N) is 1. The Morgan fingerprint density at radius 2 is 0.871 bits per heavy atom. The van der Waals surface area contributed by atoms with E-state index in [1.54, 1.807) is 0 Å². The number of rotatable bonds is 42. The summed E-state index contributed by atoms with van der Waals surface area (Å²) in [5, 5.41) is 0. The Hall–Kier alpha value is -3.07. The molecule has 0 aliphatic carbocycles. The van der Waals surface area contributed by atoms with Gasteiger partial charge in [-0.3, -0.25) is 14.2 Å². The average molecular weight is 886 g/mol. The monoisotopic (exact) mass is 886 g/mol. The van der Waals surface area contributed by atoms with Crippen molar-refractivity contribution in [1.82, 2.24) is 0 Å². The molecule has 2 unspecified atom stereocenters. The van der Waals surface area contributed by atoms with Crippen LogP contribution in [0.2, 0.25) is 0 Å². The lowest BCUT2D eigenvalue weighted by Crippen LogP contribution is -2.37. The van der Waals surface area contributed by atoms with E-state index in [9.17, 15) is 19.0 Å². The van der Waals surface area contributed by atoms with Crippen LogP contribution < -0.4 is 4.89 Å². The van der Waals surface area contributed by atoms with Gasteiger partial charge in [0, 0.05) is 12.8 Å². The van der Waals surface area contributed by atoms with E-state index in [0.29, 0.717) is 23.9 Å². The van der Waals surface area contributed by atoms with Crippen molar-refractivity contribution in [3.05, 3.63) is 97.2 Å². The fourth-order valence-corrected chi connectivity index (χ4v) is 6.66. The lowest BCUT2D eigenvalue weighted by atomic mass is 10.0. The standard InChI is InChI=1S/C52H88NO8P/c1-6-8-10-12-14-16-18-20-22-23-24-25-26-27-28-29-31-33-35-37-39-41-43-45-52(55)61-50(49-60-62(56,57)59-47-46-53(3,4)5)48-58-51(54)44-42-40-38-36-34-32-30-21-19-17-15-13-11-9-7-2/h8-11,14-17,20-22,24-25,30,34,36,50H,6-7,12-13,18-19,23,26-29,31-33,35,37-49H2,1-5H3/b10-8-,11-9-,16-14-,17-15-,22-20-,25-24-,30-21-,36-34-. The molecule has 0 aliphatic rings. The molecule has 62 heavy (non-hydrogen) atoms. The smallest absolute Gasteiger partial charge is 0.306 e. The van der Waals surface area contributed by atoms with Crippen LogP contribution in [0.15, 0.2) is 97.2 Å². The minimum Gasteiger partial charge on any atom is -0.756 e. The second kappa shape index (κ2) is 43.2. The maximum absolute atomic E-state index is 12.7. The molecule has 0 amide bonds. The summed E-state index contributed by atoms with van der Waals surface area (Å²) >= 11 is 0. The zero-order valence-corrected chi connectivity index (χ0v) is 40.7. The number of esters is 2. The van der Waals surface area contributed by atoms with Crippen LogP contribution >= 0.6 is 7.82 Å². The van der Waals surface area contributed by atoms with Gasteiger partial charge < -0.3 is 27.9 Å². The first kappa shape index (κ1) is 58.9. The zero-order chi connectivity index (χ0) is 45.7. The van der Waals surface area contributed by atoms with Crippen LogP contribution in [0.1, 0.15) is 168 Å². The molecule has 0 N–H and O–H groups in total. The molecule has 0 saturated carbocycles. The molecule has 354 valence electrons. The van der Waals surface area contributed by atoms with Crippen molar-refractivity contribution in [2.75, 3.05) is 47.5 Å². The first-order valence-corrected chi connectivity index (χ1v) is 25.4. The van der Waals surface area contributed by atoms with Crippen LogP contribution in [0.4, 0.5) is 0 Å². The van der Waals surface area contributed by atoms with Crippen molar-refractivity contribution in [2.45, 2.75) is 174 Å². The first-order chi connectivity index (χ1) is 30.0. The lowest BCUT2D eigenvalue weighted by molar-refractivity contribution is -0.870. The van der Waals surface area contributed by atoms with Crippen molar-refractivity contribution in [3.8, 4) is 0 Å². The number of unbranched alkanes of at least 4 members (excludes halogenated alkanes) is 12. The van der Waals surface area contributed by atoms with E-state index in [0.717, 1.165) is 89.9 Å². The second-order valence-corrected chi connectivity index (χ2v) is 18.1. The summed E-state index contributed by atoms with van der Waals surface area (Å²) in [4.78, 5) is 37.6. The van der Waals surface area contributed by atoms with Gasteiger partial charge in [0.1, 0.15) is 19.8 Å². The Balaban J connectivity index is 4.34. The highest BCUT2D eigenvalue weighted by molar-refractivity contribution is 7.45. The predicted octanol–water partition coefficient (Wildman–Crippen LogP) is 13.5. The number of carbonyl (C=O) groups is 2. The summed E-state index contributed by atoms with van der Waals surface area (Å²) < 4.78 is 33.9. The number of phosphoric ester groups is 1. The molecule has 0 aromatic rings. The Morgan fingerprint density at radius 1 is 0.500 bits per heavy atom. The van der Waals surface area contributed by atoms with Gasteiger partial charge in [-0.1, -0.05) is 162 Å². The van der Waals surface area contributed by atoms with Gasteiger partial charge in [0.25, 0.3) is 7.82 Å². The number of hydrogen-bond acceptors (Lipinski definition) is 8. The van der Waals surface area contributed by atoms with Crippen LogP contribution in [-0.4, -0.2) is 70.0 Å². The van der Waals surface area contributed by atoms with Gasteiger partial charge in [-0.15, -0.1) is 0 Å². The fourth-order valence-electron chi connectivity index (χ4n) is 5.93. The maximum atomic E-state index is 12.7. The lowest BCUT2D eigenvalue weighted by Gasteiger charge is -2.28. The van der Waals surface area contributed by atoms with Crippen LogP contribution in [0.3, 0.4) is 0 Å². The number of phosphoric acid groups is 1. The van der Waals surface area contributed by atoms with E-state index >= 15 is 0 Å². The van der Waals surface area contributed by atoms with Gasteiger partial charge in [0.2, 0.25) is 0 Å². The SMILES string of the molecule is CC/C=C\C/C=C\C/C=C\C/C=C\CCCCCCCCCCCCC(=O)OC(COC(=O)CCCC/C=C\C/C=C\C/C=C\C/C=C\CC)COP(=O)([O-])OCC[N+](C)(C)C. The van der Waals surface area contributed by atoms with Crippen LogP contribution in [0.25, 0.3) is 0 Å². The molecular formula is C52H88NO8P. The van der Waals surface area contributed by atoms with E-state index in [1.807, 2.05) is 21.1 Å². The van der Waals surface area contributed by atoms with Gasteiger partial charge in [-0.25, -0.2) is 0 Å². The number of hydrogen-bond donors (Lipinski definition) is 0. The molecule has 0 saturated heterocycles. The van der Waals surface area contributed by atoms with Crippen LogP contribution in [0, 0.1) is 0 Å². The molecule has 0 aromatic carbocycles. The number of quaternary nitrogens is 1. The zero-order valence-electron chi connectivity index (χ0n) is 39.8. The Labute approximate surface area is 379 Å². The van der Waals surface area contributed by atoms with Gasteiger partial charge in [-0.05, 0) is 89.9 Å². The van der Waals surface area contributed by atoms with E-state index in [4.69, 9.17) is 18.5 Å². The normalized spacial score (nSPS) is 14.4. The third kappa shape index (κ3) is 46.4. The summed E-state index contributed by atoms with van der Waals surface area (Å²) in [6.07, 6.45) is 57.3. The van der Waals surface area contributed by atoms with Crippen LogP contribution in [0.5, 0.6) is 0 Å². The predicted molar refractivity (Wildman–Crippen MR) is 259 cm³/mol. The van der Waals surface area contributed by atoms with Crippen molar-refractivity contribution >= 4 is 19.8 Å². The Morgan fingerprint density at radius 3 is 1.32 bits per heavy atom. The molecule has 0 fully saturated rings.